The topological polar surface area (TPSA) is 12.0 Å². The second kappa shape index (κ2) is 4.45. The summed E-state index contributed by atoms with van der Waals surface area (Å²) in [6, 6.07) is 5.55. The van der Waals surface area contributed by atoms with E-state index in [9.17, 15) is 4.39 Å². The van der Waals surface area contributed by atoms with E-state index in [1.165, 1.54) is 0 Å². The van der Waals surface area contributed by atoms with E-state index >= 15 is 0 Å². The molecule has 0 aromatic heterocycles. The summed E-state index contributed by atoms with van der Waals surface area (Å²) in [6.45, 7) is 8.18. The predicted molar refractivity (Wildman–Crippen MR) is 59.1 cm³/mol. The van der Waals surface area contributed by atoms with Gasteiger partial charge >= 0.3 is 0 Å². The monoisotopic (exact) mass is 195 g/mol. The lowest BCUT2D eigenvalue weighted by atomic mass is 10.1. The lowest BCUT2D eigenvalue weighted by Crippen LogP contribution is -2.22. The van der Waals surface area contributed by atoms with Gasteiger partial charge in [0.05, 0.1) is 5.69 Å². The molecule has 2 heteroatoms. The van der Waals surface area contributed by atoms with E-state index in [2.05, 4.69) is 26.1 Å². The van der Waals surface area contributed by atoms with Crippen molar-refractivity contribution in [1.29, 1.82) is 0 Å². The number of anilines is 1. The van der Waals surface area contributed by atoms with E-state index in [0.717, 1.165) is 5.56 Å². The number of rotatable bonds is 3. The van der Waals surface area contributed by atoms with Gasteiger partial charge in [0, 0.05) is 6.04 Å². The smallest absolute Gasteiger partial charge is 0.146 e. The van der Waals surface area contributed by atoms with E-state index in [1.54, 1.807) is 12.1 Å². The zero-order valence-corrected chi connectivity index (χ0v) is 9.26. The highest BCUT2D eigenvalue weighted by molar-refractivity contribution is 5.46. The average Bonchev–Trinajstić information content (AvgIpc) is 2.09. The fraction of sp³-hybridized carbons (Fsp3) is 0.500. The maximum atomic E-state index is 13.4. The molecule has 0 heterocycles. The second-order valence-corrected chi connectivity index (χ2v) is 4.16. The fourth-order valence-electron chi connectivity index (χ4n) is 1.15. The van der Waals surface area contributed by atoms with Crippen molar-refractivity contribution in [2.45, 2.75) is 33.7 Å². The van der Waals surface area contributed by atoms with Crippen molar-refractivity contribution >= 4 is 5.69 Å². The van der Waals surface area contributed by atoms with Gasteiger partial charge in [-0.15, -0.1) is 0 Å². The molecule has 1 aromatic rings. The van der Waals surface area contributed by atoms with Crippen LogP contribution in [0.3, 0.4) is 0 Å². The normalized spacial score (nSPS) is 13.0. The van der Waals surface area contributed by atoms with Gasteiger partial charge in [-0.05, 0) is 37.5 Å². The van der Waals surface area contributed by atoms with Gasteiger partial charge in [-0.1, -0.05) is 19.9 Å². The lowest BCUT2D eigenvalue weighted by molar-refractivity contribution is 0.552. The van der Waals surface area contributed by atoms with Crippen molar-refractivity contribution in [2.24, 2.45) is 5.92 Å². The van der Waals surface area contributed by atoms with Gasteiger partial charge < -0.3 is 5.32 Å². The van der Waals surface area contributed by atoms with Crippen LogP contribution in [0.1, 0.15) is 26.3 Å². The average molecular weight is 195 g/mol. The molecule has 14 heavy (non-hydrogen) atoms. The highest BCUT2D eigenvalue weighted by Gasteiger charge is 2.09. The van der Waals surface area contributed by atoms with Gasteiger partial charge in [-0.25, -0.2) is 4.39 Å². The number of aryl methyl sites for hydroxylation is 1. The third-order valence-electron chi connectivity index (χ3n) is 2.51. The van der Waals surface area contributed by atoms with Crippen molar-refractivity contribution in [2.75, 3.05) is 5.32 Å². The van der Waals surface area contributed by atoms with Gasteiger partial charge in [0.15, 0.2) is 0 Å². The molecule has 1 atom stereocenters. The minimum Gasteiger partial charge on any atom is -0.380 e. The van der Waals surface area contributed by atoms with Crippen LogP contribution in [-0.4, -0.2) is 6.04 Å². The third kappa shape index (κ3) is 2.72. The summed E-state index contributed by atoms with van der Waals surface area (Å²) in [5.74, 6) is 0.327. The Morgan fingerprint density at radius 1 is 1.21 bits per heavy atom. The first kappa shape index (κ1) is 11.0. The summed E-state index contributed by atoms with van der Waals surface area (Å²) >= 11 is 0. The van der Waals surface area contributed by atoms with E-state index in [4.69, 9.17) is 0 Å². The summed E-state index contributed by atoms with van der Waals surface area (Å²) in [4.78, 5) is 0. The van der Waals surface area contributed by atoms with Gasteiger partial charge in [-0.2, -0.15) is 0 Å². The number of hydrogen-bond acceptors (Lipinski definition) is 1. The Kier molecular flexibility index (Phi) is 3.50. The summed E-state index contributed by atoms with van der Waals surface area (Å²) < 4.78 is 13.4. The Morgan fingerprint density at radius 2 is 1.86 bits per heavy atom. The largest absolute Gasteiger partial charge is 0.380 e. The first-order chi connectivity index (χ1) is 6.50. The van der Waals surface area contributed by atoms with Gasteiger partial charge in [0.2, 0.25) is 0 Å². The third-order valence-corrected chi connectivity index (χ3v) is 2.51. The van der Waals surface area contributed by atoms with E-state index in [-0.39, 0.29) is 11.9 Å². The zero-order chi connectivity index (χ0) is 10.7. The highest BCUT2D eigenvalue weighted by atomic mass is 19.1. The van der Waals surface area contributed by atoms with Crippen LogP contribution >= 0.6 is 0 Å². The molecule has 0 unspecified atom stereocenters. The molecule has 0 aliphatic heterocycles. The van der Waals surface area contributed by atoms with Crippen molar-refractivity contribution in [3.8, 4) is 0 Å². The molecule has 1 nitrogen and oxygen atoms in total. The molecule has 0 radical (unpaired) electrons. The van der Waals surface area contributed by atoms with Crippen LogP contribution in [0.2, 0.25) is 0 Å². The standard InChI is InChI=1S/C12H18FN/c1-8(2)10(4)14-12-6-5-9(3)7-11(12)13/h5-8,10,14H,1-4H3/t10-/m1/s1. The number of halogens is 1. The summed E-state index contributed by atoms with van der Waals surface area (Å²) in [7, 11) is 0. The van der Waals surface area contributed by atoms with Crippen molar-refractivity contribution in [1.82, 2.24) is 0 Å². The maximum Gasteiger partial charge on any atom is 0.146 e. The van der Waals surface area contributed by atoms with E-state index in [0.29, 0.717) is 11.6 Å². The van der Waals surface area contributed by atoms with Gasteiger partial charge in [0.1, 0.15) is 5.82 Å². The highest BCUT2D eigenvalue weighted by Crippen LogP contribution is 2.17. The molecule has 1 rings (SSSR count). The van der Waals surface area contributed by atoms with Crippen LogP contribution in [0, 0.1) is 18.7 Å². The van der Waals surface area contributed by atoms with Crippen LogP contribution in [0.15, 0.2) is 18.2 Å². The molecular formula is C12H18FN. The van der Waals surface area contributed by atoms with Crippen LogP contribution < -0.4 is 5.32 Å². The molecule has 0 spiro atoms. The predicted octanol–water partition coefficient (Wildman–Crippen LogP) is 3.59. The molecule has 0 fully saturated rings. The zero-order valence-electron chi connectivity index (χ0n) is 9.26. The summed E-state index contributed by atoms with van der Waals surface area (Å²) in [6.07, 6.45) is 0. The Hall–Kier alpha value is -1.05. The maximum absolute atomic E-state index is 13.4. The van der Waals surface area contributed by atoms with Crippen molar-refractivity contribution in [3.63, 3.8) is 0 Å². The molecular weight excluding hydrogens is 177 g/mol. The minimum absolute atomic E-state index is 0.169. The summed E-state index contributed by atoms with van der Waals surface area (Å²) in [5.41, 5.74) is 1.54. The van der Waals surface area contributed by atoms with Crippen LogP contribution in [-0.2, 0) is 0 Å². The molecule has 1 N–H and O–H groups in total. The number of nitrogens with one attached hydrogen (secondary N) is 1. The quantitative estimate of drug-likeness (QED) is 0.777. The SMILES string of the molecule is Cc1ccc(N[C@H](C)C(C)C)c(F)c1. The first-order valence-corrected chi connectivity index (χ1v) is 5.03. The van der Waals surface area contributed by atoms with Crippen LogP contribution in [0.25, 0.3) is 0 Å². The molecule has 78 valence electrons. The lowest BCUT2D eigenvalue weighted by Gasteiger charge is -2.19. The van der Waals surface area contributed by atoms with Crippen LogP contribution in [0.5, 0.6) is 0 Å². The van der Waals surface area contributed by atoms with Crippen molar-refractivity contribution in [3.05, 3.63) is 29.6 Å². The van der Waals surface area contributed by atoms with E-state index < -0.39 is 0 Å². The second-order valence-electron chi connectivity index (χ2n) is 4.16. The molecule has 0 saturated carbocycles. The molecule has 0 saturated heterocycles. The van der Waals surface area contributed by atoms with Crippen LogP contribution in [0.4, 0.5) is 10.1 Å². The molecule has 0 aliphatic carbocycles. The van der Waals surface area contributed by atoms with Gasteiger partial charge in [0.25, 0.3) is 0 Å². The molecule has 0 bridgehead atoms. The number of benzene rings is 1. The summed E-state index contributed by atoms with van der Waals surface area (Å²) in [5, 5.41) is 3.16. The van der Waals surface area contributed by atoms with Gasteiger partial charge in [-0.3, -0.25) is 0 Å². The van der Waals surface area contributed by atoms with Crippen molar-refractivity contribution < 1.29 is 4.39 Å². The Balaban J connectivity index is 2.77. The fourth-order valence-corrected chi connectivity index (χ4v) is 1.15. The molecule has 0 amide bonds. The number of hydrogen-bond donors (Lipinski definition) is 1. The minimum atomic E-state index is -0.169. The first-order valence-electron chi connectivity index (χ1n) is 5.03. The van der Waals surface area contributed by atoms with E-state index in [1.807, 2.05) is 13.0 Å². The molecule has 0 aliphatic rings. The Bertz CT molecular complexity index is 307. The molecule has 1 aromatic carbocycles. The Morgan fingerprint density at radius 3 is 2.36 bits per heavy atom. The Labute approximate surface area is 85.3 Å².